The lowest BCUT2D eigenvalue weighted by Gasteiger charge is -2.14. The molecule has 0 saturated heterocycles. The molecule has 2 aromatic carbocycles. The number of carbonyl (C=O) groups is 1. The Kier molecular flexibility index (Phi) is 4.28. The zero-order valence-corrected chi connectivity index (χ0v) is 13.7. The van der Waals surface area contributed by atoms with E-state index in [0.29, 0.717) is 6.42 Å². The molecule has 1 aliphatic heterocycles. The number of ketones is 1. The smallest absolute Gasteiger partial charge is 0.161 e. The van der Waals surface area contributed by atoms with Crippen molar-refractivity contribution in [2.75, 3.05) is 7.11 Å². The summed E-state index contributed by atoms with van der Waals surface area (Å²) in [5.74, 6) is 1.14. The van der Waals surface area contributed by atoms with Crippen molar-refractivity contribution in [2.45, 2.75) is 26.3 Å². The van der Waals surface area contributed by atoms with Gasteiger partial charge in [0.25, 0.3) is 0 Å². The third-order valence-electron chi connectivity index (χ3n) is 4.21. The molecule has 3 rings (SSSR count). The van der Waals surface area contributed by atoms with Crippen LogP contribution in [-0.2, 0) is 11.2 Å². The van der Waals surface area contributed by atoms with E-state index in [4.69, 9.17) is 9.73 Å². The summed E-state index contributed by atoms with van der Waals surface area (Å²) in [7, 11) is 1.65. The molecular formula is C20H21NO2. The van der Waals surface area contributed by atoms with Crippen LogP contribution in [0.2, 0.25) is 0 Å². The second-order valence-corrected chi connectivity index (χ2v) is 6.20. The molecule has 0 unspecified atom stereocenters. The molecule has 0 saturated carbocycles. The average molecular weight is 307 g/mol. The molecule has 0 aromatic heterocycles. The molecule has 0 amide bonds. The molecule has 0 N–H and O–H groups in total. The molecule has 0 aliphatic carbocycles. The molecule has 0 spiro atoms. The van der Waals surface area contributed by atoms with E-state index < -0.39 is 0 Å². The van der Waals surface area contributed by atoms with Gasteiger partial charge in [-0.25, -0.2) is 0 Å². The topological polar surface area (TPSA) is 38.7 Å². The molecule has 3 nitrogen and oxygen atoms in total. The van der Waals surface area contributed by atoms with Crippen LogP contribution in [-0.4, -0.2) is 24.6 Å². The Balaban J connectivity index is 2.22. The van der Waals surface area contributed by atoms with Crippen molar-refractivity contribution in [3.05, 3.63) is 65.2 Å². The maximum absolute atomic E-state index is 12.6. The van der Waals surface area contributed by atoms with E-state index in [1.165, 1.54) is 0 Å². The predicted molar refractivity (Wildman–Crippen MR) is 92.4 cm³/mol. The van der Waals surface area contributed by atoms with Gasteiger partial charge in [-0.3, -0.25) is 9.79 Å². The number of methoxy groups -OCH3 is 1. The summed E-state index contributed by atoms with van der Waals surface area (Å²) in [4.78, 5) is 17.5. The Labute approximate surface area is 137 Å². The summed E-state index contributed by atoms with van der Waals surface area (Å²) in [5.41, 5.74) is 3.92. The molecule has 0 bridgehead atoms. The van der Waals surface area contributed by atoms with E-state index in [1.807, 2.05) is 62.4 Å². The first-order chi connectivity index (χ1) is 11.1. The van der Waals surface area contributed by atoms with E-state index >= 15 is 0 Å². The lowest BCUT2D eigenvalue weighted by atomic mass is 9.94. The average Bonchev–Trinajstić information content (AvgIpc) is 2.71. The summed E-state index contributed by atoms with van der Waals surface area (Å²) in [6.07, 6.45) is 0.419. The number of carbonyl (C=O) groups excluding carboxylic acids is 1. The second kappa shape index (κ2) is 6.37. The van der Waals surface area contributed by atoms with Gasteiger partial charge in [-0.1, -0.05) is 50.2 Å². The molecular weight excluding hydrogens is 286 g/mol. The first-order valence-electron chi connectivity index (χ1n) is 7.93. The number of hydrogen-bond donors (Lipinski definition) is 0. The fraction of sp³-hybridized carbons (Fsp3) is 0.300. The van der Waals surface area contributed by atoms with Gasteiger partial charge in [-0.05, 0) is 23.6 Å². The maximum atomic E-state index is 12.6. The Morgan fingerprint density at radius 2 is 1.87 bits per heavy atom. The SMILES string of the molecule is COc1ccc2c(c1)C(c1ccccc1)=N[C@@H](C(C)C)C(=O)C2. The number of aliphatic imine (C=N–C) groups is 1. The van der Waals surface area contributed by atoms with Gasteiger partial charge in [0.2, 0.25) is 0 Å². The van der Waals surface area contributed by atoms with E-state index in [9.17, 15) is 4.79 Å². The predicted octanol–water partition coefficient (Wildman–Crippen LogP) is 3.68. The van der Waals surface area contributed by atoms with Crippen molar-refractivity contribution in [3.63, 3.8) is 0 Å². The molecule has 3 heteroatoms. The highest BCUT2D eigenvalue weighted by atomic mass is 16.5. The number of hydrogen-bond acceptors (Lipinski definition) is 3. The Morgan fingerprint density at radius 1 is 1.13 bits per heavy atom. The molecule has 118 valence electrons. The van der Waals surface area contributed by atoms with Crippen LogP contribution >= 0.6 is 0 Å². The van der Waals surface area contributed by atoms with Crippen molar-refractivity contribution in [3.8, 4) is 5.75 Å². The van der Waals surface area contributed by atoms with Gasteiger partial charge in [0.05, 0.1) is 12.8 Å². The molecule has 2 aromatic rings. The molecule has 0 radical (unpaired) electrons. The third-order valence-corrected chi connectivity index (χ3v) is 4.21. The summed E-state index contributed by atoms with van der Waals surface area (Å²) in [6, 6.07) is 15.6. The van der Waals surface area contributed by atoms with Crippen molar-refractivity contribution < 1.29 is 9.53 Å². The van der Waals surface area contributed by atoms with Crippen molar-refractivity contribution in [2.24, 2.45) is 10.9 Å². The lowest BCUT2D eigenvalue weighted by Crippen LogP contribution is -2.25. The molecule has 1 heterocycles. The Morgan fingerprint density at radius 3 is 2.52 bits per heavy atom. The minimum atomic E-state index is -0.302. The maximum Gasteiger partial charge on any atom is 0.161 e. The van der Waals surface area contributed by atoms with Gasteiger partial charge in [-0.2, -0.15) is 0 Å². The Bertz CT molecular complexity index is 747. The Hall–Kier alpha value is -2.42. The van der Waals surface area contributed by atoms with Gasteiger partial charge >= 0.3 is 0 Å². The third kappa shape index (κ3) is 3.04. The first kappa shape index (κ1) is 15.5. The fourth-order valence-electron chi connectivity index (χ4n) is 2.98. The normalized spacial score (nSPS) is 17.5. The van der Waals surface area contributed by atoms with E-state index in [1.54, 1.807) is 7.11 Å². The highest BCUT2D eigenvalue weighted by Gasteiger charge is 2.28. The molecule has 1 aliphatic rings. The highest BCUT2D eigenvalue weighted by molar-refractivity contribution is 6.16. The zero-order valence-electron chi connectivity index (χ0n) is 13.7. The number of Topliss-reactive ketones (excluding diaryl/α,β-unsaturated/α-hetero) is 1. The van der Waals surface area contributed by atoms with E-state index in [2.05, 4.69) is 0 Å². The van der Waals surface area contributed by atoms with Gasteiger partial charge in [0, 0.05) is 17.5 Å². The zero-order chi connectivity index (χ0) is 16.4. The van der Waals surface area contributed by atoms with Crippen LogP contribution < -0.4 is 4.74 Å². The van der Waals surface area contributed by atoms with Crippen LogP contribution in [0.15, 0.2) is 53.5 Å². The molecule has 1 atom stereocenters. The van der Waals surface area contributed by atoms with E-state index in [0.717, 1.165) is 28.2 Å². The number of benzene rings is 2. The monoisotopic (exact) mass is 307 g/mol. The van der Waals surface area contributed by atoms with Gasteiger partial charge < -0.3 is 4.74 Å². The fourth-order valence-corrected chi connectivity index (χ4v) is 2.98. The number of nitrogens with zero attached hydrogens (tertiary/aromatic N) is 1. The van der Waals surface area contributed by atoms with Crippen LogP contribution in [0.5, 0.6) is 5.75 Å². The second-order valence-electron chi connectivity index (χ2n) is 6.20. The number of fused-ring (bicyclic) bond motifs is 1. The van der Waals surface area contributed by atoms with Gasteiger partial charge in [-0.15, -0.1) is 0 Å². The van der Waals surface area contributed by atoms with Crippen molar-refractivity contribution >= 4 is 11.5 Å². The summed E-state index contributed by atoms with van der Waals surface area (Å²) in [6.45, 7) is 4.09. The summed E-state index contributed by atoms with van der Waals surface area (Å²) >= 11 is 0. The van der Waals surface area contributed by atoms with Crippen molar-refractivity contribution in [1.82, 2.24) is 0 Å². The van der Waals surface area contributed by atoms with Crippen LogP contribution in [0, 0.1) is 5.92 Å². The van der Waals surface area contributed by atoms with Crippen LogP contribution in [0.3, 0.4) is 0 Å². The van der Waals surface area contributed by atoms with Gasteiger partial charge in [0.1, 0.15) is 11.8 Å². The van der Waals surface area contributed by atoms with E-state index in [-0.39, 0.29) is 17.7 Å². The van der Waals surface area contributed by atoms with Crippen LogP contribution in [0.25, 0.3) is 0 Å². The van der Waals surface area contributed by atoms with Gasteiger partial charge in [0.15, 0.2) is 5.78 Å². The molecule has 23 heavy (non-hydrogen) atoms. The standard InChI is InChI=1S/C20H21NO2/c1-13(2)19-18(22)11-15-9-10-16(23-3)12-17(15)20(21-19)14-7-5-4-6-8-14/h4-10,12-13,19H,11H2,1-3H3/t19-/m0/s1. The number of ether oxygens (including phenoxy) is 1. The number of rotatable bonds is 3. The minimum absolute atomic E-state index is 0.178. The summed E-state index contributed by atoms with van der Waals surface area (Å²) < 4.78 is 5.37. The molecule has 0 fully saturated rings. The van der Waals surface area contributed by atoms with Crippen LogP contribution in [0.4, 0.5) is 0 Å². The first-order valence-corrected chi connectivity index (χ1v) is 7.93. The quantitative estimate of drug-likeness (QED) is 0.867. The van der Waals surface area contributed by atoms with Crippen molar-refractivity contribution in [1.29, 1.82) is 0 Å². The lowest BCUT2D eigenvalue weighted by molar-refractivity contribution is -0.120. The minimum Gasteiger partial charge on any atom is -0.497 e. The highest BCUT2D eigenvalue weighted by Crippen LogP contribution is 2.27. The van der Waals surface area contributed by atoms with Crippen LogP contribution in [0.1, 0.15) is 30.5 Å². The largest absolute Gasteiger partial charge is 0.497 e. The summed E-state index contributed by atoms with van der Waals surface area (Å²) in [5, 5.41) is 0.